The van der Waals surface area contributed by atoms with Gasteiger partial charge in [-0.15, -0.1) is 11.3 Å². The second-order valence-corrected chi connectivity index (χ2v) is 7.41. The van der Waals surface area contributed by atoms with Gasteiger partial charge in [0.1, 0.15) is 6.54 Å². The van der Waals surface area contributed by atoms with Crippen LogP contribution in [0.15, 0.2) is 12.1 Å². The fourth-order valence-electron chi connectivity index (χ4n) is 2.23. The summed E-state index contributed by atoms with van der Waals surface area (Å²) in [4.78, 5) is 5.26. The monoisotopic (exact) mass is 318 g/mol. The largest absolute Gasteiger partial charge is 0.360 e. The van der Waals surface area contributed by atoms with Crippen molar-refractivity contribution in [3.63, 3.8) is 0 Å². The highest BCUT2D eigenvalue weighted by atomic mass is 35.5. The minimum Gasteiger partial charge on any atom is -0.360 e. The van der Waals surface area contributed by atoms with Crippen LogP contribution >= 0.6 is 35.2 Å². The molecule has 0 aromatic carbocycles. The van der Waals surface area contributed by atoms with Crippen LogP contribution < -0.4 is 10.2 Å². The number of piperazine rings is 1. The van der Waals surface area contributed by atoms with Crippen molar-refractivity contribution in [1.82, 2.24) is 10.2 Å². The van der Waals surface area contributed by atoms with Gasteiger partial charge in [0.2, 0.25) is 0 Å². The number of halogens is 1. The molecule has 0 saturated carbocycles. The Hall–Kier alpha value is -0.360. The summed E-state index contributed by atoms with van der Waals surface area (Å²) in [7, 11) is 0. The number of nitrogens with zero attached hydrogens (tertiary/aromatic N) is 1. The van der Waals surface area contributed by atoms with Crippen LogP contribution in [-0.4, -0.2) is 42.2 Å². The zero-order valence-corrected chi connectivity index (χ0v) is 13.8. The lowest BCUT2D eigenvalue weighted by Gasteiger charge is -2.34. The normalized spacial score (nSPS) is 16.9. The van der Waals surface area contributed by atoms with E-state index in [4.69, 9.17) is 23.8 Å². The topological polar surface area (TPSA) is 19.7 Å². The Kier molecular flexibility index (Phi) is 5.45. The van der Waals surface area contributed by atoms with E-state index in [-0.39, 0.29) is 0 Å². The van der Waals surface area contributed by atoms with Crippen molar-refractivity contribution >= 4 is 40.3 Å². The van der Waals surface area contributed by atoms with Crippen LogP contribution in [0.3, 0.4) is 0 Å². The summed E-state index contributed by atoms with van der Waals surface area (Å²) in [5.41, 5.74) is 0. The van der Waals surface area contributed by atoms with Gasteiger partial charge in [0, 0.05) is 6.04 Å². The lowest BCUT2D eigenvalue weighted by Crippen LogP contribution is -3.13. The molecule has 0 unspecified atom stereocenters. The Bertz CT molecular complexity index is 425. The van der Waals surface area contributed by atoms with Crippen molar-refractivity contribution in [2.45, 2.75) is 26.4 Å². The fraction of sp³-hybridized carbons (Fsp3) is 0.615. The maximum Gasteiger partial charge on any atom is 0.169 e. The minimum absolute atomic E-state index is 0.408. The number of thiocarbonyl (C=S) groups is 1. The SMILES string of the molecule is CC(C)NC(=S)N1CC[NH+](Cc2ccc(Cl)s2)CC1. The summed E-state index contributed by atoms with van der Waals surface area (Å²) in [5.74, 6) is 0. The first kappa shape index (κ1) is 15.0. The number of rotatable bonds is 3. The van der Waals surface area contributed by atoms with Gasteiger partial charge >= 0.3 is 0 Å². The molecule has 2 rings (SSSR count). The molecule has 0 aliphatic carbocycles. The lowest BCUT2D eigenvalue weighted by atomic mass is 10.3. The first-order chi connectivity index (χ1) is 9.04. The molecule has 6 heteroatoms. The molecule has 1 aromatic rings. The highest BCUT2D eigenvalue weighted by Crippen LogP contribution is 2.20. The fourth-order valence-corrected chi connectivity index (χ4v) is 3.81. The van der Waals surface area contributed by atoms with E-state index in [1.165, 1.54) is 4.88 Å². The molecule has 0 bridgehead atoms. The quantitative estimate of drug-likeness (QED) is 0.822. The highest BCUT2D eigenvalue weighted by molar-refractivity contribution is 7.80. The van der Waals surface area contributed by atoms with Gasteiger partial charge in [0.15, 0.2) is 5.11 Å². The summed E-state index contributed by atoms with van der Waals surface area (Å²) in [6, 6.07) is 4.53. The summed E-state index contributed by atoms with van der Waals surface area (Å²) >= 11 is 13.1. The van der Waals surface area contributed by atoms with E-state index in [1.54, 1.807) is 16.2 Å². The number of hydrogen-bond acceptors (Lipinski definition) is 2. The van der Waals surface area contributed by atoms with E-state index in [1.807, 2.05) is 6.07 Å². The smallest absolute Gasteiger partial charge is 0.169 e. The van der Waals surface area contributed by atoms with Gasteiger partial charge in [-0.1, -0.05) is 11.6 Å². The van der Waals surface area contributed by atoms with Crippen LogP contribution in [0.1, 0.15) is 18.7 Å². The zero-order chi connectivity index (χ0) is 13.8. The number of nitrogens with one attached hydrogen (secondary N) is 2. The number of quaternary nitrogens is 1. The molecule has 1 aliphatic heterocycles. The van der Waals surface area contributed by atoms with E-state index < -0.39 is 0 Å². The molecule has 1 saturated heterocycles. The maximum atomic E-state index is 5.97. The number of thiophene rings is 1. The third-order valence-electron chi connectivity index (χ3n) is 3.22. The van der Waals surface area contributed by atoms with Crippen molar-refractivity contribution in [3.05, 3.63) is 21.3 Å². The average molecular weight is 319 g/mol. The molecule has 1 aromatic heterocycles. The van der Waals surface area contributed by atoms with E-state index in [0.717, 1.165) is 42.2 Å². The highest BCUT2D eigenvalue weighted by Gasteiger charge is 2.22. The molecule has 0 spiro atoms. The standard InChI is InChI=1S/C13H20ClN3S2/c1-10(2)15-13(18)17-7-5-16(6-8-17)9-11-3-4-12(14)19-11/h3-4,10H,5-9H2,1-2H3,(H,15,18)/p+1. The zero-order valence-electron chi connectivity index (χ0n) is 11.4. The van der Waals surface area contributed by atoms with E-state index in [2.05, 4.69) is 30.1 Å². The maximum absolute atomic E-state index is 5.97. The van der Waals surface area contributed by atoms with Crippen molar-refractivity contribution in [2.75, 3.05) is 26.2 Å². The third-order valence-corrected chi connectivity index (χ3v) is 4.83. The molecule has 19 heavy (non-hydrogen) atoms. The van der Waals surface area contributed by atoms with Gasteiger partial charge in [-0.05, 0) is 38.2 Å². The molecule has 0 atom stereocenters. The van der Waals surface area contributed by atoms with Crippen LogP contribution in [0.4, 0.5) is 0 Å². The van der Waals surface area contributed by atoms with Crippen molar-refractivity contribution in [2.24, 2.45) is 0 Å². The molecule has 106 valence electrons. The number of hydrogen-bond donors (Lipinski definition) is 2. The molecular formula is C13H21ClN3S2+. The predicted molar refractivity (Wildman–Crippen MR) is 86.2 cm³/mol. The second kappa shape index (κ2) is 6.88. The van der Waals surface area contributed by atoms with Gasteiger partial charge in [-0.3, -0.25) is 0 Å². The van der Waals surface area contributed by atoms with Crippen LogP contribution in [0, 0.1) is 0 Å². The Balaban J connectivity index is 1.77. The molecule has 2 heterocycles. The first-order valence-electron chi connectivity index (χ1n) is 6.68. The molecule has 2 N–H and O–H groups in total. The second-order valence-electron chi connectivity index (χ2n) is 5.22. The minimum atomic E-state index is 0.408. The Labute approximate surface area is 129 Å². The van der Waals surface area contributed by atoms with Crippen molar-refractivity contribution < 1.29 is 4.90 Å². The Morgan fingerprint density at radius 2 is 2.16 bits per heavy atom. The molecule has 1 aliphatic rings. The Morgan fingerprint density at radius 1 is 1.47 bits per heavy atom. The van der Waals surface area contributed by atoms with Crippen molar-refractivity contribution in [3.8, 4) is 0 Å². The van der Waals surface area contributed by atoms with Gasteiger partial charge in [0.05, 0.1) is 35.4 Å². The van der Waals surface area contributed by atoms with Crippen LogP contribution in [0.2, 0.25) is 4.34 Å². The van der Waals surface area contributed by atoms with Gasteiger partial charge < -0.3 is 15.1 Å². The summed E-state index contributed by atoms with van der Waals surface area (Å²) in [6.45, 7) is 9.66. The third kappa shape index (κ3) is 4.60. The Morgan fingerprint density at radius 3 is 2.68 bits per heavy atom. The van der Waals surface area contributed by atoms with Crippen LogP contribution in [0.25, 0.3) is 0 Å². The van der Waals surface area contributed by atoms with E-state index in [0.29, 0.717) is 6.04 Å². The molecular weight excluding hydrogens is 298 g/mol. The average Bonchev–Trinajstić information content (AvgIpc) is 2.75. The molecule has 3 nitrogen and oxygen atoms in total. The predicted octanol–water partition coefficient (Wildman–Crippen LogP) is 1.38. The summed E-state index contributed by atoms with van der Waals surface area (Å²) in [6.07, 6.45) is 0. The molecule has 0 amide bonds. The summed E-state index contributed by atoms with van der Waals surface area (Å²) in [5, 5.41) is 4.21. The van der Waals surface area contributed by atoms with Gasteiger partial charge in [-0.25, -0.2) is 0 Å². The first-order valence-corrected chi connectivity index (χ1v) is 8.28. The van der Waals surface area contributed by atoms with Crippen LogP contribution in [-0.2, 0) is 6.54 Å². The van der Waals surface area contributed by atoms with Crippen molar-refractivity contribution in [1.29, 1.82) is 0 Å². The lowest BCUT2D eigenvalue weighted by molar-refractivity contribution is -0.917. The van der Waals surface area contributed by atoms with Crippen LogP contribution in [0.5, 0.6) is 0 Å². The van der Waals surface area contributed by atoms with E-state index in [9.17, 15) is 0 Å². The van der Waals surface area contributed by atoms with Gasteiger partial charge in [-0.2, -0.15) is 0 Å². The summed E-state index contributed by atoms with van der Waals surface area (Å²) < 4.78 is 0.885. The van der Waals surface area contributed by atoms with Gasteiger partial charge in [0.25, 0.3) is 0 Å². The molecule has 0 radical (unpaired) electrons. The molecule has 1 fully saturated rings. The van der Waals surface area contributed by atoms with E-state index >= 15 is 0 Å².